The van der Waals surface area contributed by atoms with E-state index in [1.165, 1.54) is 5.56 Å². The van der Waals surface area contributed by atoms with E-state index in [0.29, 0.717) is 19.5 Å². The van der Waals surface area contributed by atoms with Crippen LogP contribution in [0, 0.1) is 13.8 Å². The van der Waals surface area contributed by atoms with E-state index in [1.54, 1.807) is 4.90 Å². The van der Waals surface area contributed by atoms with Crippen molar-refractivity contribution in [3.63, 3.8) is 0 Å². The highest BCUT2D eigenvalue weighted by Crippen LogP contribution is 2.19. The molecule has 0 unspecified atom stereocenters. The maximum atomic E-state index is 13.7. The van der Waals surface area contributed by atoms with E-state index in [0.717, 1.165) is 33.1 Å². The Morgan fingerprint density at radius 2 is 1.62 bits per heavy atom. The number of nitrogens with one attached hydrogen (secondary N) is 1. The molecule has 0 heterocycles. The summed E-state index contributed by atoms with van der Waals surface area (Å²) in [6, 6.07) is 23.3. The second kappa shape index (κ2) is 12.5. The first-order valence-corrected chi connectivity index (χ1v) is 12.6. The number of hydrogen-bond acceptors (Lipinski definition) is 2. The first kappa shape index (κ1) is 25.7. The fraction of sp³-hybridized carbons (Fsp3) is 0.310. The lowest BCUT2D eigenvalue weighted by molar-refractivity contribution is -0.140. The van der Waals surface area contributed by atoms with Gasteiger partial charge in [0, 0.05) is 24.0 Å². The molecular formula is C29H33BrN2O2. The number of amides is 2. The van der Waals surface area contributed by atoms with Crippen LogP contribution in [0.15, 0.2) is 77.3 Å². The van der Waals surface area contributed by atoms with Crippen LogP contribution in [0.2, 0.25) is 0 Å². The molecule has 0 bridgehead atoms. The van der Waals surface area contributed by atoms with Gasteiger partial charge in [0.25, 0.3) is 0 Å². The van der Waals surface area contributed by atoms with E-state index in [9.17, 15) is 9.59 Å². The van der Waals surface area contributed by atoms with Crippen molar-refractivity contribution in [2.24, 2.45) is 0 Å². The number of halogens is 1. The molecule has 1 atom stereocenters. The summed E-state index contributed by atoms with van der Waals surface area (Å²) in [7, 11) is 0. The number of carbonyl (C=O) groups excluding carboxylic acids is 2. The van der Waals surface area contributed by atoms with Crippen LogP contribution in [0.4, 0.5) is 0 Å². The number of rotatable bonds is 10. The van der Waals surface area contributed by atoms with E-state index < -0.39 is 6.04 Å². The highest BCUT2D eigenvalue weighted by Gasteiger charge is 2.30. The molecule has 5 heteroatoms. The standard InChI is InChI=1S/C29H33BrN2O2/c1-4-15-31-29(34)27(18-23-9-6-5-7-10-23)32(20-25-11-8-12-26(30)17-25)28(33)19-24-14-13-21(2)22(3)16-24/h5-14,16-17,27H,4,15,18-20H2,1-3H3,(H,31,34)/t27-/m0/s1. The summed E-state index contributed by atoms with van der Waals surface area (Å²) in [6.45, 7) is 7.09. The van der Waals surface area contributed by atoms with Gasteiger partial charge in [-0.1, -0.05) is 83.5 Å². The average molecular weight is 521 g/mol. The molecule has 0 saturated carbocycles. The Bertz CT molecular complexity index is 1110. The first-order valence-electron chi connectivity index (χ1n) is 11.8. The molecule has 0 aliphatic rings. The van der Waals surface area contributed by atoms with Gasteiger partial charge in [0.1, 0.15) is 6.04 Å². The van der Waals surface area contributed by atoms with Crippen LogP contribution in [-0.2, 0) is 29.0 Å². The second-order valence-electron chi connectivity index (χ2n) is 8.74. The molecule has 178 valence electrons. The molecule has 0 fully saturated rings. The molecule has 34 heavy (non-hydrogen) atoms. The molecule has 3 rings (SSSR count). The minimum Gasteiger partial charge on any atom is -0.354 e. The zero-order valence-electron chi connectivity index (χ0n) is 20.2. The molecule has 3 aromatic rings. The van der Waals surface area contributed by atoms with E-state index in [2.05, 4.69) is 41.2 Å². The van der Waals surface area contributed by atoms with Gasteiger partial charge >= 0.3 is 0 Å². The SMILES string of the molecule is CCCNC(=O)[C@H](Cc1ccccc1)N(Cc1cccc(Br)c1)C(=O)Cc1ccc(C)c(C)c1. The van der Waals surface area contributed by atoms with Crippen LogP contribution in [0.5, 0.6) is 0 Å². The third-order valence-electron chi connectivity index (χ3n) is 5.99. The van der Waals surface area contributed by atoms with Crippen molar-refractivity contribution in [3.8, 4) is 0 Å². The van der Waals surface area contributed by atoms with Gasteiger partial charge in [0.05, 0.1) is 6.42 Å². The Hall–Kier alpha value is -2.92. The van der Waals surface area contributed by atoms with Crippen molar-refractivity contribution in [3.05, 3.63) is 105 Å². The lowest BCUT2D eigenvalue weighted by Crippen LogP contribution is -2.51. The molecule has 3 aromatic carbocycles. The Morgan fingerprint density at radius 1 is 0.882 bits per heavy atom. The van der Waals surface area contributed by atoms with Crippen molar-refractivity contribution >= 4 is 27.7 Å². The third kappa shape index (κ3) is 7.29. The Kier molecular flexibility index (Phi) is 9.46. The summed E-state index contributed by atoms with van der Waals surface area (Å²) in [5.74, 6) is -0.176. The molecule has 0 radical (unpaired) electrons. The van der Waals surface area contributed by atoms with Gasteiger partial charge < -0.3 is 10.2 Å². The van der Waals surface area contributed by atoms with Crippen molar-refractivity contribution in [1.82, 2.24) is 10.2 Å². The molecular weight excluding hydrogens is 488 g/mol. The van der Waals surface area contributed by atoms with Crippen molar-refractivity contribution in [1.29, 1.82) is 0 Å². The predicted octanol–water partition coefficient (Wildman–Crippen LogP) is 5.77. The maximum absolute atomic E-state index is 13.7. The van der Waals surface area contributed by atoms with Gasteiger partial charge in [-0.25, -0.2) is 0 Å². The summed E-state index contributed by atoms with van der Waals surface area (Å²) < 4.78 is 0.946. The summed E-state index contributed by atoms with van der Waals surface area (Å²) in [4.78, 5) is 28.8. The second-order valence-corrected chi connectivity index (χ2v) is 9.66. The van der Waals surface area contributed by atoms with Crippen LogP contribution in [0.3, 0.4) is 0 Å². The molecule has 0 aliphatic carbocycles. The number of benzene rings is 3. The fourth-order valence-electron chi connectivity index (χ4n) is 3.94. The predicted molar refractivity (Wildman–Crippen MR) is 142 cm³/mol. The molecule has 1 N–H and O–H groups in total. The van der Waals surface area contributed by atoms with Crippen molar-refractivity contribution < 1.29 is 9.59 Å². The lowest BCUT2D eigenvalue weighted by Gasteiger charge is -2.32. The number of carbonyl (C=O) groups is 2. The van der Waals surface area contributed by atoms with Gasteiger partial charge in [-0.05, 0) is 60.2 Å². The summed E-state index contributed by atoms with van der Waals surface area (Å²) in [5, 5.41) is 3.02. The van der Waals surface area contributed by atoms with Crippen LogP contribution in [0.1, 0.15) is 41.2 Å². The largest absolute Gasteiger partial charge is 0.354 e. The van der Waals surface area contributed by atoms with Crippen LogP contribution in [0.25, 0.3) is 0 Å². The van der Waals surface area contributed by atoms with Gasteiger partial charge in [-0.2, -0.15) is 0 Å². The van der Waals surface area contributed by atoms with Gasteiger partial charge in [-0.3, -0.25) is 9.59 Å². The highest BCUT2D eigenvalue weighted by molar-refractivity contribution is 9.10. The summed E-state index contributed by atoms with van der Waals surface area (Å²) in [6.07, 6.45) is 1.55. The average Bonchev–Trinajstić information content (AvgIpc) is 2.82. The van der Waals surface area contributed by atoms with E-state index in [4.69, 9.17) is 0 Å². The number of aryl methyl sites for hydroxylation is 2. The van der Waals surface area contributed by atoms with Crippen LogP contribution < -0.4 is 5.32 Å². The van der Waals surface area contributed by atoms with Crippen molar-refractivity contribution in [2.45, 2.75) is 52.6 Å². The lowest BCUT2D eigenvalue weighted by atomic mass is 10.00. The molecule has 0 aromatic heterocycles. The minimum atomic E-state index is -0.605. The van der Waals surface area contributed by atoms with Gasteiger partial charge in [-0.15, -0.1) is 0 Å². The zero-order valence-corrected chi connectivity index (χ0v) is 21.8. The van der Waals surface area contributed by atoms with Crippen LogP contribution >= 0.6 is 15.9 Å². The maximum Gasteiger partial charge on any atom is 0.243 e. The highest BCUT2D eigenvalue weighted by atomic mass is 79.9. The molecule has 4 nitrogen and oxygen atoms in total. The first-order chi connectivity index (χ1) is 16.4. The molecule has 0 aliphatic heterocycles. The topological polar surface area (TPSA) is 49.4 Å². The molecule has 0 saturated heterocycles. The molecule has 2 amide bonds. The van der Waals surface area contributed by atoms with E-state index in [-0.39, 0.29) is 18.2 Å². The zero-order chi connectivity index (χ0) is 24.5. The Morgan fingerprint density at radius 3 is 2.29 bits per heavy atom. The van der Waals surface area contributed by atoms with Gasteiger partial charge in [0.2, 0.25) is 11.8 Å². The summed E-state index contributed by atoms with van der Waals surface area (Å²) in [5.41, 5.74) is 5.31. The summed E-state index contributed by atoms with van der Waals surface area (Å²) >= 11 is 3.53. The smallest absolute Gasteiger partial charge is 0.243 e. The Labute approximate surface area is 211 Å². The van der Waals surface area contributed by atoms with Gasteiger partial charge in [0.15, 0.2) is 0 Å². The van der Waals surface area contributed by atoms with Crippen molar-refractivity contribution in [2.75, 3.05) is 6.54 Å². The molecule has 0 spiro atoms. The number of nitrogens with zero attached hydrogens (tertiary/aromatic N) is 1. The number of hydrogen-bond donors (Lipinski definition) is 1. The fourth-order valence-corrected chi connectivity index (χ4v) is 4.39. The van der Waals surface area contributed by atoms with Crippen LogP contribution in [-0.4, -0.2) is 29.3 Å². The minimum absolute atomic E-state index is 0.0594. The Balaban J connectivity index is 1.96. The normalized spacial score (nSPS) is 11.6. The monoisotopic (exact) mass is 520 g/mol. The van der Waals surface area contributed by atoms with E-state index >= 15 is 0 Å². The quantitative estimate of drug-likeness (QED) is 0.368. The third-order valence-corrected chi connectivity index (χ3v) is 6.48. The van der Waals surface area contributed by atoms with E-state index in [1.807, 2.05) is 73.7 Å².